The van der Waals surface area contributed by atoms with Gasteiger partial charge in [-0.05, 0) is 52.5 Å². The molecule has 118 valence electrons. The zero-order chi connectivity index (χ0) is 15.5. The first-order valence-electron chi connectivity index (χ1n) is 7.74. The van der Waals surface area contributed by atoms with E-state index in [0.29, 0.717) is 13.2 Å². The van der Waals surface area contributed by atoms with Crippen LogP contribution >= 0.6 is 0 Å². The zero-order valence-corrected chi connectivity index (χ0v) is 13.9. The Morgan fingerprint density at radius 3 is 2.35 bits per heavy atom. The largest absolute Gasteiger partial charge is 0.381 e. The van der Waals surface area contributed by atoms with Crippen LogP contribution in [0, 0.1) is 11.3 Å². The summed E-state index contributed by atoms with van der Waals surface area (Å²) in [5, 5.41) is 12.7. The fourth-order valence-electron chi connectivity index (χ4n) is 1.93. The number of nitrogens with one attached hydrogen (secondary N) is 1. The molecule has 20 heavy (non-hydrogen) atoms. The van der Waals surface area contributed by atoms with Gasteiger partial charge in [-0.2, -0.15) is 5.26 Å². The number of rotatable bonds is 12. The summed E-state index contributed by atoms with van der Waals surface area (Å²) in [5.74, 6) is 0. The van der Waals surface area contributed by atoms with E-state index >= 15 is 0 Å². The van der Waals surface area contributed by atoms with Crippen LogP contribution in [0.4, 0.5) is 0 Å². The van der Waals surface area contributed by atoms with Gasteiger partial charge in [0.2, 0.25) is 0 Å². The van der Waals surface area contributed by atoms with E-state index in [1.54, 1.807) is 7.11 Å². The number of nitrogens with zero attached hydrogens (tertiary/aromatic N) is 1. The quantitative estimate of drug-likeness (QED) is 0.559. The molecule has 4 heteroatoms. The second-order valence-electron chi connectivity index (χ2n) is 5.90. The van der Waals surface area contributed by atoms with Crippen molar-refractivity contribution in [3.63, 3.8) is 0 Å². The van der Waals surface area contributed by atoms with Crippen LogP contribution in [0.1, 0.15) is 59.8 Å². The molecule has 0 radical (unpaired) electrons. The lowest BCUT2D eigenvalue weighted by atomic mass is 9.92. The Balaban J connectivity index is 3.88. The minimum Gasteiger partial charge on any atom is -0.381 e. The van der Waals surface area contributed by atoms with Gasteiger partial charge >= 0.3 is 0 Å². The monoisotopic (exact) mass is 284 g/mol. The zero-order valence-electron chi connectivity index (χ0n) is 13.9. The molecule has 0 rings (SSSR count). The third-order valence-electron chi connectivity index (χ3n) is 3.82. The molecule has 0 saturated carbocycles. The van der Waals surface area contributed by atoms with Gasteiger partial charge in [-0.1, -0.05) is 13.8 Å². The van der Waals surface area contributed by atoms with Crippen molar-refractivity contribution in [1.29, 1.82) is 5.26 Å². The lowest BCUT2D eigenvalue weighted by molar-refractivity contribution is -0.0105. The van der Waals surface area contributed by atoms with Gasteiger partial charge in [-0.3, -0.25) is 5.32 Å². The van der Waals surface area contributed by atoms with Crippen molar-refractivity contribution in [2.45, 2.75) is 70.9 Å². The topological polar surface area (TPSA) is 54.3 Å². The molecule has 0 aromatic heterocycles. The Kier molecular flexibility index (Phi) is 9.83. The maximum absolute atomic E-state index is 9.37. The van der Waals surface area contributed by atoms with E-state index in [1.807, 2.05) is 0 Å². The summed E-state index contributed by atoms with van der Waals surface area (Å²) >= 11 is 0. The molecular weight excluding hydrogens is 252 g/mol. The Morgan fingerprint density at radius 1 is 1.15 bits per heavy atom. The van der Waals surface area contributed by atoms with Crippen LogP contribution in [0.25, 0.3) is 0 Å². The van der Waals surface area contributed by atoms with E-state index in [1.165, 1.54) is 0 Å². The molecule has 0 aliphatic rings. The molecule has 1 unspecified atom stereocenters. The van der Waals surface area contributed by atoms with E-state index < -0.39 is 0 Å². The highest BCUT2D eigenvalue weighted by Gasteiger charge is 2.26. The van der Waals surface area contributed by atoms with Crippen molar-refractivity contribution in [2.24, 2.45) is 0 Å². The molecule has 0 aromatic rings. The van der Waals surface area contributed by atoms with Crippen molar-refractivity contribution >= 4 is 0 Å². The van der Waals surface area contributed by atoms with Gasteiger partial charge in [0.1, 0.15) is 5.54 Å². The Labute approximate surface area is 124 Å². The summed E-state index contributed by atoms with van der Waals surface area (Å²) in [6.07, 6.45) is 4.51. The summed E-state index contributed by atoms with van der Waals surface area (Å²) in [5.41, 5.74) is -0.506. The first-order valence-corrected chi connectivity index (χ1v) is 7.74. The molecule has 0 spiro atoms. The van der Waals surface area contributed by atoms with Crippen LogP contribution in [0.15, 0.2) is 0 Å². The van der Waals surface area contributed by atoms with E-state index in [0.717, 1.165) is 38.6 Å². The highest BCUT2D eigenvalue weighted by atomic mass is 16.5. The van der Waals surface area contributed by atoms with Crippen LogP contribution in [-0.2, 0) is 9.47 Å². The number of hydrogen-bond acceptors (Lipinski definition) is 4. The van der Waals surface area contributed by atoms with Crippen LogP contribution in [0.5, 0.6) is 0 Å². The van der Waals surface area contributed by atoms with Crippen molar-refractivity contribution in [1.82, 2.24) is 5.32 Å². The smallest absolute Gasteiger partial charge is 0.106 e. The van der Waals surface area contributed by atoms with Crippen LogP contribution in [-0.4, -0.2) is 38.0 Å². The highest BCUT2D eigenvalue weighted by molar-refractivity contribution is 5.06. The maximum Gasteiger partial charge on any atom is 0.106 e. The van der Waals surface area contributed by atoms with Gasteiger partial charge < -0.3 is 9.47 Å². The van der Waals surface area contributed by atoms with Gasteiger partial charge in [0.25, 0.3) is 0 Å². The van der Waals surface area contributed by atoms with Crippen LogP contribution in [0.3, 0.4) is 0 Å². The highest BCUT2D eigenvalue weighted by Crippen LogP contribution is 2.17. The number of hydrogen-bond donors (Lipinski definition) is 1. The molecule has 0 amide bonds. The second kappa shape index (κ2) is 10.1. The number of nitriles is 1. The lowest BCUT2D eigenvalue weighted by Gasteiger charge is -2.26. The normalized spacial score (nSPS) is 14.8. The lowest BCUT2D eigenvalue weighted by Crippen LogP contribution is -2.44. The summed E-state index contributed by atoms with van der Waals surface area (Å²) in [6.45, 7) is 10.6. The average molecular weight is 284 g/mol. The minimum atomic E-state index is -0.384. The standard InChI is InChI=1S/C16H32N2O2/c1-6-11-18-16(7-2,14-17)9-8-12-20-13-10-15(3,4)19-5/h18H,6-13H2,1-5H3. The second-order valence-corrected chi connectivity index (χ2v) is 5.90. The van der Waals surface area contributed by atoms with Gasteiger partial charge in [0, 0.05) is 20.3 Å². The fraction of sp³-hybridized carbons (Fsp3) is 0.938. The molecule has 0 aliphatic carbocycles. The summed E-state index contributed by atoms with van der Waals surface area (Å²) in [4.78, 5) is 0. The predicted molar refractivity (Wildman–Crippen MR) is 82.7 cm³/mol. The first-order chi connectivity index (χ1) is 9.45. The molecule has 0 aromatic carbocycles. The Morgan fingerprint density at radius 2 is 1.85 bits per heavy atom. The van der Waals surface area contributed by atoms with Crippen LogP contribution < -0.4 is 5.32 Å². The molecule has 0 fully saturated rings. The maximum atomic E-state index is 9.37. The molecular formula is C16H32N2O2. The van der Waals surface area contributed by atoms with Gasteiger partial charge in [0.05, 0.1) is 11.7 Å². The van der Waals surface area contributed by atoms with Gasteiger partial charge in [-0.15, -0.1) is 0 Å². The van der Waals surface area contributed by atoms with E-state index in [2.05, 4.69) is 39.1 Å². The fourth-order valence-corrected chi connectivity index (χ4v) is 1.93. The van der Waals surface area contributed by atoms with Crippen molar-refractivity contribution in [3.8, 4) is 6.07 Å². The van der Waals surface area contributed by atoms with E-state index in [9.17, 15) is 5.26 Å². The van der Waals surface area contributed by atoms with E-state index in [4.69, 9.17) is 9.47 Å². The van der Waals surface area contributed by atoms with Gasteiger partial charge in [0.15, 0.2) is 0 Å². The molecule has 0 aliphatic heterocycles. The molecule has 4 nitrogen and oxygen atoms in total. The number of ether oxygens (including phenoxy) is 2. The SMILES string of the molecule is CCCNC(C#N)(CC)CCCOCCC(C)(C)OC. The summed E-state index contributed by atoms with van der Waals surface area (Å²) in [7, 11) is 1.72. The number of methoxy groups -OCH3 is 1. The molecule has 0 bridgehead atoms. The first kappa shape index (κ1) is 19.4. The summed E-state index contributed by atoms with van der Waals surface area (Å²) in [6, 6.07) is 2.44. The Hall–Kier alpha value is -0.630. The van der Waals surface area contributed by atoms with Crippen molar-refractivity contribution < 1.29 is 9.47 Å². The van der Waals surface area contributed by atoms with Crippen molar-refractivity contribution in [2.75, 3.05) is 26.9 Å². The molecule has 0 heterocycles. The van der Waals surface area contributed by atoms with E-state index in [-0.39, 0.29) is 11.1 Å². The molecule has 0 saturated heterocycles. The molecule has 1 atom stereocenters. The minimum absolute atomic E-state index is 0.123. The summed E-state index contributed by atoms with van der Waals surface area (Å²) < 4.78 is 11.0. The molecule has 1 N–H and O–H groups in total. The average Bonchev–Trinajstić information content (AvgIpc) is 2.46. The predicted octanol–water partition coefficient (Wildman–Crippen LogP) is 3.27. The van der Waals surface area contributed by atoms with Crippen molar-refractivity contribution in [3.05, 3.63) is 0 Å². The Bertz CT molecular complexity index is 287. The van der Waals surface area contributed by atoms with Crippen LogP contribution in [0.2, 0.25) is 0 Å². The third kappa shape index (κ3) is 7.84. The van der Waals surface area contributed by atoms with Gasteiger partial charge in [-0.25, -0.2) is 0 Å². The third-order valence-corrected chi connectivity index (χ3v) is 3.82.